The van der Waals surface area contributed by atoms with Crippen molar-refractivity contribution in [1.82, 2.24) is 0 Å². The molecule has 0 bridgehead atoms. The summed E-state index contributed by atoms with van der Waals surface area (Å²) in [6, 6.07) is 6.51. The van der Waals surface area contributed by atoms with E-state index < -0.39 is 10.1 Å². The number of hydrogen-bond acceptors (Lipinski definition) is 6. The third-order valence-corrected chi connectivity index (χ3v) is 4.05. The van der Waals surface area contributed by atoms with Gasteiger partial charge in [0.1, 0.15) is 0 Å². The number of aryl methyl sites for hydroxylation is 1. The standard InChI is InChI=1S/C15H24O6S/c1-3-18-8-9-19-10-11-20-12-13-21-22(16,17)15-6-4-14(2)5-7-15/h4-7H,3,8-13H2,1-2H3. The van der Waals surface area contributed by atoms with Gasteiger partial charge in [0.2, 0.25) is 0 Å². The van der Waals surface area contributed by atoms with Gasteiger partial charge in [-0.1, -0.05) is 17.7 Å². The molecule has 1 rings (SSSR count). The lowest BCUT2D eigenvalue weighted by Crippen LogP contribution is -2.14. The Balaban J connectivity index is 2.10. The summed E-state index contributed by atoms with van der Waals surface area (Å²) in [5, 5.41) is 0. The number of ether oxygens (including phenoxy) is 3. The number of benzene rings is 1. The Morgan fingerprint density at radius 2 is 1.32 bits per heavy atom. The Labute approximate surface area is 132 Å². The minimum Gasteiger partial charge on any atom is -0.379 e. The first-order chi connectivity index (χ1) is 10.6. The quantitative estimate of drug-likeness (QED) is 0.429. The fraction of sp³-hybridized carbons (Fsp3) is 0.600. The molecule has 126 valence electrons. The monoisotopic (exact) mass is 332 g/mol. The molecule has 0 aliphatic heterocycles. The van der Waals surface area contributed by atoms with Gasteiger partial charge in [-0.25, -0.2) is 0 Å². The van der Waals surface area contributed by atoms with Gasteiger partial charge < -0.3 is 14.2 Å². The van der Waals surface area contributed by atoms with Crippen LogP contribution in [0.1, 0.15) is 12.5 Å². The molecule has 1 aromatic rings. The van der Waals surface area contributed by atoms with Crippen LogP contribution in [-0.4, -0.2) is 54.7 Å². The molecule has 1 aromatic carbocycles. The molecule has 0 fully saturated rings. The molecule has 0 saturated carbocycles. The van der Waals surface area contributed by atoms with Crippen molar-refractivity contribution in [2.75, 3.05) is 46.2 Å². The molecule has 0 atom stereocenters. The SMILES string of the molecule is CCOCCOCCOCCOS(=O)(=O)c1ccc(C)cc1. The molecule has 0 aliphatic carbocycles. The van der Waals surface area contributed by atoms with Gasteiger partial charge in [0.15, 0.2) is 0 Å². The van der Waals surface area contributed by atoms with Crippen LogP contribution in [0.3, 0.4) is 0 Å². The fourth-order valence-corrected chi connectivity index (χ4v) is 2.45. The third-order valence-electron chi connectivity index (χ3n) is 2.72. The minimum absolute atomic E-state index is 0.0187. The molecule has 22 heavy (non-hydrogen) atoms. The molecule has 0 saturated heterocycles. The van der Waals surface area contributed by atoms with Crippen LogP contribution < -0.4 is 0 Å². The van der Waals surface area contributed by atoms with E-state index in [1.54, 1.807) is 12.1 Å². The van der Waals surface area contributed by atoms with Crippen molar-refractivity contribution in [3.05, 3.63) is 29.8 Å². The summed E-state index contributed by atoms with van der Waals surface area (Å²) in [5.41, 5.74) is 0.992. The first-order valence-corrected chi connectivity index (χ1v) is 8.66. The van der Waals surface area contributed by atoms with E-state index in [2.05, 4.69) is 0 Å². The van der Waals surface area contributed by atoms with Gasteiger partial charge in [0.05, 0.1) is 44.5 Å². The van der Waals surface area contributed by atoms with Crippen molar-refractivity contribution in [2.45, 2.75) is 18.7 Å². The van der Waals surface area contributed by atoms with E-state index in [-0.39, 0.29) is 18.1 Å². The van der Waals surface area contributed by atoms with Gasteiger partial charge in [0, 0.05) is 6.61 Å². The van der Waals surface area contributed by atoms with E-state index in [9.17, 15) is 8.42 Å². The largest absolute Gasteiger partial charge is 0.379 e. The molecule has 0 aromatic heterocycles. The summed E-state index contributed by atoms with van der Waals surface area (Å²) in [5.74, 6) is 0. The third kappa shape index (κ3) is 7.86. The lowest BCUT2D eigenvalue weighted by Gasteiger charge is -2.07. The van der Waals surface area contributed by atoms with E-state index in [1.165, 1.54) is 12.1 Å². The smallest absolute Gasteiger partial charge is 0.297 e. The molecular formula is C15H24O6S. The van der Waals surface area contributed by atoms with Crippen molar-refractivity contribution in [3.63, 3.8) is 0 Å². The van der Waals surface area contributed by atoms with Crippen LogP contribution in [0, 0.1) is 6.92 Å². The van der Waals surface area contributed by atoms with Crippen LogP contribution in [0.5, 0.6) is 0 Å². The van der Waals surface area contributed by atoms with E-state index >= 15 is 0 Å². The van der Waals surface area contributed by atoms with Gasteiger partial charge >= 0.3 is 0 Å². The Kier molecular flexibility index (Phi) is 9.26. The molecule has 0 amide bonds. The van der Waals surface area contributed by atoms with Crippen LogP contribution >= 0.6 is 0 Å². The average Bonchev–Trinajstić information content (AvgIpc) is 2.49. The Morgan fingerprint density at radius 3 is 1.86 bits per heavy atom. The van der Waals surface area contributed by atoms with Crippen molar-refractivity contribution in [3.8, 4) is 0 Å². The second-order valence-electron chi connectivity index (χ2n) is 4.51. The lowest BCUT2D eigenvalue weighted by molar-refractivity contribution is 0.0117. The molecular weight excluding hydrogens is 308 g/mol. The van der Waals surface area contributed by atoms with Crippen molar-refractivity contribution >= 4 is 10.1 Å². The summed E-state index contributed by atoms with van der Waals surface area (Å²) < 4.78 is 44.2. The summed E-state index contributed by atoms with van der Waals surface area (Å²) in [6.45, 7) is 6.58. The molecule has 0 spiro atoms. The normalized spacial score (nSPS) is 11.7. The van der Waals surface area contributed by atoms with E-state index in [0.29, 0.717) is 33.0 Å². The summed E-state index contributed by atoms with van der Waals surface area (Å²) in [6.07, 6.45) is 0. The minimum atomic E-state index is -3.71. The van der Waals surface area contributed by atoms with Crippen molar-refractivity contribution in [1.29, 1.82) is 0 Å². The highest BCUT2D eigenvalue weighted by Crippen LogP contribution is 2.12. The molecule has 0 heterocycles. The van der Waals surface area contributed by atoms with Crippen LogP contribution in [-0.2, 0) is 28.5 Å². The second kappa shape index (κ2) is 10.7. The maximum Gasteiger partial charge on any atom is 0.297 e. The first-order valence-electron chi connectivity index (χ1n) is 7.25. The maximum absolute atomic E-state index is 11.9. The van der Waals surface area contributed by atoms with Crippen LogP contribution in [0.2, 0.25) is 0 Å². The zero-order valence-electron chi connectivity index (χ0n) is 13.1. The van der Waals surface area contributed by atoms with Gasteiger partial charge in [-0.2, -0.15) is 8.42 Å². The summed E-state index contributed by atoms with van der Waals surface area (Å²) >= 11 is 0. The first kappa shape index (κ1) is 19.1. The van der Waals surface area contributed by atoms with E-state index in [1.807, 2.05) is 13.8 Å². The predicted octanol–water partition coefficient (Wildman–Crippen LogP) is 1.77. The highest BCUT2D eigenvalue weighted by atomic mass is 32.2. The Hall–Kier alpha value is -0.990. The van der Waals surface area contributed by atoms with Crippen LogP contribution in [0.15, 0.2) is 29.2 Å². The zero-order chi connectivity index (χ0) is 16.3. The second-order valence-corrected chi connectivity index (χ2v) is 6.13. The highest BCUT2D eigenvalue weighted by Gasteiger charge is 2.14. The molecule has 6 nitrogen and oxygen atoms in total. The van der Waals surface area contributed by atoms with Gasteiger partial charge in [-0.3, -0.25) is 4.18 Å². The van der Waals surface area contributed by atoms with E-state index in [0.717, 1.165) is 5.56 Å². The molecule has 7 heteroatoms. The van der Waals surface area contributed by atoms with Gasteiger partial charge in [-0.05, 0) is 26.0 Å². The summed E-state index contributed by atoms with van der Waals surface area (Å²) in [7, 11) is -3.71. The fourth-order valence-electron chi connectivity index (χ4n) is 1.56. The molecule has 0 unspecified atom stereocenters. The zero-order valence-corrected chi connectivity index (χ0v) is 13.9. The topological polar surface area (TPSA) is 71.1 Å². The predicted molar refractivity (Wildman–Crippen MR) is 82.4 cm³/mol. The Morgan fingerprint density at radius 1 is 0.818 bits per heavy atom. The van der Waals surface area contributed by atoms with Crippen LogP contribution in [0.25, 0.3) is 0 Å². The van der Waals surface area contributed by atoms with E-state index in [4.69, 9.17) is 18.4 Å². The number of rotatable bonds is 12. The van der Waals surface area contributed by atoms with Gasteiger partial charge in [-0.15, -0.1) is 0 Å². The number of hydrogen-bond donors (Lipinski definition) is 0. The highest BCUT2D eigenvalue weighted by molar-refractivity contribution is 7.86. The summed E-state index contributed by atoms with van der Waals surface area (Å²) in [4.78, 5) is 0.150. The lowest BCUT2D eigenvalue weighted by atomic mass is 10.2. The molecule has 0 radical (unpaired) electrons. The maximum atomic E-state index is 11.9. The van der Waals surface area contributed by atoms with Gasteiger partial charge in [0.25, 0.3) is 10.1 Å². The molecule has 0 N–H and O–H groups in total. The molecule has 0 aliphatic rings. The van der Waals surface area contributed by atoms with Crippen LogP contribution in [0.4, 0.5) is 0 Å². The Bertz CT molecular complexity index is 497. The van der Waals surface area contributed by atoms with Crippen molar-refractivity contribution < 1.29 is 26.8 Å². The van der Waals surface area contributed by atoms with Crippen molar-refractivity contribution in [2.24, 2.45) is 0 Å². The average molecular weight is 332 g/mol.